The summed E-state index contributed by atoms with van der Waals surface area (Å²) in [5, 5.41) is 0.525. The molecule has 0 aliphatic heterocycles. The van der Waals surface area contributed by atoms with Crippen LogP contribution in [0.4, 0.5) is 4.39 Å². The fraction of sp³-hybridized carbons (Fsp3) is 0.143. The van der Waals surface area contributed by atoms with Crippen LogP contribution in [0.2, 0.25) is 0 Å². The van der Waals surface area contributed by atoms with E-state index in [1.165, 1.54) is 42.1 Å². The molecule has 0 saturated carbocycles. The topological polar surface area (TPSA) is 84.9 Å². The highest BCUT2D eigenvalue weighted by Gasteiger charge is 2.24. The monoisotopic (exact) mass is 411 g/mol. The van der Waals surface area contributed by atoms with Crippen molar-refractivity contribution in [2.24, 2.45) is 0 Å². The van der Waals surface area contributed by atoms with E-state index in [2.05, 4.69) is 28.1 Å². The number of ether oxygens (including phenoxy) is 1. The highest BCUT2D eigenvalue weighted by Crippen LogP contribution is 2.32. The Morgan fingerprint density at radius 1 is 1.24 bits per heavy atom. The van der Waals surface area contributed by atoms with Crippen LogP contribution in [0, 0.1) is 12.7 Å². The Labute approximate surface area is 170 Å². The molecule has 148 valence electrons. The van der Waals surface area contributed by atoms with E-state index in [-0.39, 0.29) is 23.2 Å². The van der Waals surface area contributed by atoms with Gasteiger partial charge in [-0.2, -0.15) is 0 Å². The van der Waals surface area contributed by atoms with E-state index < -0.39 is 17.3 Å². The summed E-state index contributed by atoms with van der Waals surface area (Å²) in [5.74, 6) is -0.528. The van der Waals surface area contributed by atoms with Crippen LogP contribution in [0.1, 0.15) is 16.1 Å². The zero-order valence-electron chi connectivity index (χ0n) is 15.7. The van der Waals surface area contributed by atoms with Gasteiger partial charge in [-0.25, -0.2) is 19.2 Å². The van der Waals surface area contributed by atoms with Crippen LogP contribution >= 0.6 is 11.8 Å². The first-order chi connectivity index (χ1) is 14.0. The molecule has 0 spiro atoms. The molecule has 3 aromatic rings. The zero-order valence-corrected chi connectivity index (χ0v) is 16.5. The van der Waals surface area contributed by atoms with Crippen LogP contribution in [-0.2, 0) is 4.74 Å². The fourth-order valence-corrected chi connectivity index (χ4v) is 3.43. The summed E-state index contributed by atoms with van der Waals surface area (Å²) in [4.78, 5) is 37.1. The third kappa shape index (κ3) is 4.27. The molecule has 29 heavy (non-hydrogen) atoms. The van der Waals surface area contributed by atoms with Crippen molar-refractivity contribution >= 4 is 28.8 Å². The predicted molar refractivity (Wildman–Crippen MR) is 112 cm³/mol. The SMILES string of the molecule is C=CCOC(=O)c1c(C)nc2nc(SCC=C)[nH]c(=O)c2c1-c1ccc(F)cc1. The summed E-state index contributed by atoms with van der Waals surface area (Å²) < 4.78 is 18.7. The molecule has 3 rings (SSSR count). The number of aryl methyl sites for hydroxylation is 1. The molecule has 0 aliphatic rings. The molecular formula is C21H18FN3O3S. The second kappa shape index (κ2) is 8.83. The lowest BCUT2D eigenvalue weighted by molar-refractivity contribution is 0.0549. The van der Waals surface area contributed by atoms with Gasteiger partial charge >= 0.3 is 5.97 Å². The number of pyridine rings is 1. The molecule has 0 aliphatic carbocycles. The molecule has 0 unspecified atom stereocenters. The number of fused-ring (bicyclic) bond motifs is 1. The van der Waals surface area contributed by atoms with Crippen molar-refractivity contribution < 1.29 is 13.9 Å². The van der Waals surface area contributed by atoms with Crippen LogP contribution < -0.4 is 5.56 Å². The van der Waals surface area contributed by atoms with Crippen molar-refractivity contribution in [3.8, 4) is 11.1 Å². The van der Waals surface area contributed by atoms with Gasteiger partial charge in [0.05, 0.1) is 16.6 Å². The Kier molecular flexibility index (Phi) is 6.23. The molecule has 6 nitrogen and oxygen atoms in total. The molecule has 0 radical (unpaired) electrons. The summed E-state index contributed by atoms with van der Waals surface area (Å²) in [5.41, 5.74) is 0.999. The van der Waals surface area contributed by atoms with Crippen LogP contribution in [0.25, 0.3) is 22.2 Å². The van der Waals surface area contributed by atoms with Gasteiger partial charge in [0.25, 0.3) is 5.56 Å². The van der Waals surface area contributed by atoms with E-state index in [4.69, 9.17) is 4.74 Å². The molecule has 0 saturated heterocycles. The highest BCUT2D eigenvalue weighted by atomic mass is 32.2. The number of carbonyl (C=O) groups is 1. The number of aromatic amines is 1. The quantitative estimate of drug-likeness (QED) is 0.273. The molecule has 0 amide bonds. The van der Waals surface area contributed by atoms with Crippen molar-refractivity contribution in [1.82, 2.24) is 15.0 Å². The number of thioether (sulfide) groups is 1. The van der Waals surface area contributed by atoms with Gasteiger partial charge in [-0.05, 0) is 24.6 Å². The summed E-state index contributed by atoms with van der Waals surface area (Å²) in [6.45, 7) is 8.81. The van der Waals surface area contributed by atoms with Gasteiger partial charge < -0.3 is 9.72 Å². The fourth-order valence-electron chi connectivity index (χ4n) is 2.84. The minimum Gasteiger partial charge on any atom is -0.458 e. The number of halogens is 1. The molecule has 0 atom stereocenters. The lowest BCUT2D eigenvalue weighted by atomic mass is 9.96. The maximum absolute atomic E-state index is 13.5. The van der Waals surface area contributed by atoms with Crippen molar-refractivity contribution in [2.75, 3.05) is 12.4 Å². The normalized spacial score (nSPS) is 10.7. The average molecular weight is 411 g/mol. The highest BCUT2D eigenvalue weighted by molar-refractivity contribution is 7.99. The predicted octanol–water partition coefficient (Wildman–Crippen LogP) is 4.05. The van der Waals surface area contributed by atoms with Crippen LogP contribution in [-0.4, -0.2) is 33.3 Å². The van der Waals surface area contributed by atoms with Gasteiger partial charge in [-0.1, -0.05) is 42.6 Å². The average Bonchev–Trinajstić information content (AvgIpc) is 2.70. The van der Waals surface area contributed by atoms with Crippen LogP contribution in [0.5, 0.6) is 0 Å². The largest absolute Gasteiger partial charge is 0.458 e. The molecular weight excluding hydrogens is 393 g/mol. The van der Waals surface area contributed by atoms with Crippen molar-refractivity contribution in [1.29, 1.82) is 0 Å². The van der Waals surface area contributed by atoms with E-state index in [9.17, 15) is 14.0 Å². The van der Waals surface area contributed by atoms with Crippen LogP contribution in [0.3, 0.4) is 0 Å². The van der Waals surface area contributed by atoms with Crippen molar-refractivity contribution in [3.63, 3.8) is 0 Å². The maximum Gasteiger partial charge on any atom is 0.340 e. The number of esters is 1. The van der Waals surface area contributed by atoms with E-state index in [1.54, 1.807) is 13.0 Å². The van der Waals surface area contributed by atoms with E-state index >= 15 is 0 Å². The maximum atomic E-state index is 13.5. The molecule has 0 bridgehead atoms. The summed E-state index contributed by atoms with van der Waals surface area (Å²) in [6, 6.07) is 5.50. The van der Waals surface area contributed by atoms with Gasteiger partial charge in [0.2, 0.25) is 0 Å². The van der Waals surface area contributed by atoms with Crippen LogP contribution in [0.15, 0.2) is 59.5 Å². The Balaban J connectivity index is 2.34. The first-order valence-electron chi connectivity index (χ1n) is 8.68. The number of hydrogen-bond donors (Lipinski definition) is 1. The number of H-pyrrole nitrogens is 1. The third-order valence-corrected chi connectivity index (χ3v) is 4.89. The van der Waals surface area contributed by atoms with E-state index in [1.807, 2.05) is 0 Å². The van der Waals surface area contributed by atoms with Crippen molar-refractivity contribution in [2.45, 2.75) is 12.1 Å². The number of aromatic nitrogens is 3. The first-order valence-corrected chi connectivity index (χ1v) is 9.67. The third-order valence-electron chi connectivity index (χ3n) is 4.02. The second-order valence-corrected chi connectivity index (χ2v) is 7.02. The number of carbonyl (C=O) groups excluding carboxylic acids is 1. The number of rotatable bonds is 7. The molecule has 8 heteroatoms. The summed E-state index contributed by atoms with van der Waals surface area (Å²) >= 11 is 1.30. The second-order valence-electron chi connectivity index (χ2n) is 6.01. The Bertz CT molecular complexity index is 1160. The molecule has 0 fully saturated rings. The number of nitrogens with one attached hydrogen (secondary N) is 1. The van der Waals surface area contributed by atoms with E-state index in [0.717, 1.165) is 0 Å². The van der Waals surface area contributed by atoms with Gasteiger partial charge in [0, 0.05) is 11.3 Å². The lowest BCUT2D eigenvalue weighted by Gasteiger charge is -2.14. The summed E-state index contributed by atoms with van der Waals surface area (Å²) in [6.07, 6.45) is 3.13. The van der Waals surface area contributed by atoms with Crippen molar-refractivity contribution in [3.05, 3.63) is 77.0 Å². The minimum atomic E-state index is -0.652. The summed E-state index contributed by atoms with van der Waals surface area (Å²) in [7, 11) is 0. The molecule has 1 aromatic carbocycles. The zero-order chi connectivity index (χ0) is 21.0. The molecule has 2 aromatic heterocycles. The van der Waals surface area contributed by atoms with Gasteiger partial charge in [-0.15, -0.1) is 6.58 Å². The molecule has 2 heterocycles. The van der Waals surface area contributed by atoms with Gasteiger partial charge in [0.1, 0.15) is 12.4 Å². The molecule has 1 N–H and O–H groups in total. The number of benzene rings is 1. The van der Waals surface area contributed by atoms with E-state index in [0.29, 0.717) is 27.7 Å². The lowest BCUT2D eigenvalue weighted by Crippen LogP contribution is -2.17. The smallest absolute Gasteiger partial charge is 0.340 e. The van der Waals surface area contributed by atoms with Gasteiger partial charge in [-0.3, -0.25) is 4.79 Å². The minimum absolute atomic E-state index is 0.00487. The Morgan fingerprint density at radius 2 is 1.97 bits per heavy atom. The number of hydrogen-bond acceptors (Lipinski definition) is 6. The van der Waals surface area contributed by atoms with Gasteiger partial charge in [0.15, 0.2) is 10.8 Å². The Morgan fingerprint density at radius 3 is 2.62 bits per heavy atom. The Hall–Kier alpha value is -3.26. The first kappa shape index (κ1) is 20.5. The number of nitrogens with zero attached hydrogens (tertiary/aromatic N) is 2. The standard InChI is InChI=1S/C21H18FN3O3S/c1-4-10-28-20(27)15-12(3)23-18-17(16(15)13-6-8-14(22)9-7-13)19(26)25-21(24-18)29-11-5-2/h4-9H,1-2,10-11H2,3H3,(H,23,24,25,26).